The van der Waals surface area contributed by atoms with Crippen molar-refractivity contribution in [3.63, 3.8) is 0 Å². The summed E-state index contributed by atoms with van der Waals surface area (Å²) in [5.41, 5.74) is 1.71. The molecule has 0 saturated heterocycles. The number of rotatable bonds is 4. The minimum atomic E-state index is -0.0288. The first kappa shape index (κ1) is 15.1. The van der Waals surface area contributed by atoms with E-state index in [1.165, 1.54) is 4.90 Å². The van der Waals surface area contributed by atoms with Crippen LogP contribution in [-0.2, 0) is 6.54 Å². The fourth-order valence-corrected chi connectivity index (χ4v) is 2.44. The molecule has 2 rings (SSSR count). The number of benzene rings is 1. The highest BCUT2D eigenvalue weighted by atomic mass is 79.9. The maximum atomic E-state index is 12.2. The maximum absolute atomic E-state index is 12.2. The Morgan fingerprint density at radius 3 is 2.50 bits per heavy atom. The monoisotopic (exact) mass is 350 g/mol. The Balaban J connectivity index is 2.04. The minimum absolute atomic E-state index is 0.0288. The number of carbonyl (C=O) groups excluding carboxylic acids is 1. The zero-order valence-corrected chi connectivity index (χ0v) is 13.7. The summed E-state index contributed by atoms with van der Waals surface area (Å²) < 4.78 is 0.726. The number of thioether (sulfide) groups is 1. The first-order valence-corrected chi connectivity index (χ1v) is 8.12. The number of amides is 1. The Morgan fingerprint density at radius 2 is 1.95 bits per heavy atom. The highest BCUT2D eigenvalue weighted by molar-refractivity contribution is 9.10. The number of pyridine rings is 1. The summed E-state index contributed by atoms with van der Waals surface area (Å²) in [4.78, 5) is 19.2. The van der Waals surface area contributed by atoms with Gasteiger partial charge in [-0.15, -0.1) is 11.8 Å². The number of aromatic nitrogens is 1. The predicted molar refractivity (Wildman–Crippen MR) is 86.0 cm³/mol. The summed E-state index contributed by atoms with van der Waals surface area (Å²) in [6, 6.07) is 11.8. The van der Waals surface area contributed by atoms with E-state index in [4.69, 9.17) is 0 Å². The second-order valence-electron chi connectivity index (χ2n) is 4.38. The van der Waals surface area contributed by atoms with Crippen molar-refractivity contribution in [3.05, 3.63) is 58.3 Å². The topological polar surface area (TPSA) is 33.2 Å². The Labute approximate surface area is 131 Å². The fraction of sp³-hybridized carbons (Fsp3) is 0.200. The summed E-state index contributed by atoms with van der Waals surface area (Å²) in [6.07, 6.45) is 3.63. The van der Waals surface area contributed by atoms with Crippen molar-refractivity contribution in [2.45, 2.75) is 11.4 Å². The van der Waals surface area contributed by atoms with Gasteiger partial charge in [-0.2, -0.15) is 0 Å². The molecular formula is C15H15BrN2OS. The van der Waals surface area contributed by atoms with Gasteiger partial charge in [0.15, 0.2) is 0 Å². The zero-order valence-electron chi connectivity index (χ0n) is 11.3. The molecule has 0 aliphatic rings. The molecule has 1 amide bonds. The largest absolute Gasteiger partial charge is 0.337 e. The van der Waals surface area contributed by atoms with Crippen LogP contribution >= 0.6 is 27.7 Å². The molecule has 1 aromatic heterocycles. The molecular weight excluding hydrogens is 336 g/mol. The molecule has 2 aromatic rings. The molecule has 0 fully saturated rings. The Morgan fingerprint density at radius 1 is 1.25 bits per heavy atom. The summed E-state index contributed by atoms with van der Waals surface area (Å²) >= 11 is 4.97. The molecule has 0 N–H and O–H groups in total. The van der Waals surface area contributed by atoms with E-state index in [0.717, 1.165) is 10.2 Å². The van der Waals surface area contributed by atoms with E-state index in [1.54, 1.807) is 42.0 Å². The second-order valence-corrected chi connectivity index (χ2v) is 6.07. The molecule has 0 aliphatic heterocycles. The third-order valence-electron chi connectivity index (χ3n) is 2.90. The highest BCUT2D eigenvalue weighted by Crippen LogP contribution is 2.16. The van der Waals surface area contributed by atoms with Gasteiger partial charge in [0.25, 0.3) is 5.91 Å². The van der Waals surface area contributed by atoms with Crippen LogP contribution in [0.3, 0.4) is 0 Å². The lowest BCUT2D eigenvalue weighted by atomic mass is 10.2. The second kappa shape index (κ2) is 6.90. The van der Waals surface area contributed by atoms with Gasteiger partial charge in [0.05, 0.1) is 5.56 Å². The third-order valence-corrected chi connectivity index (χ3v) is 4.11. The lowest BCUT2D eigenvalue weighted by Gasteiger charge is -2.17. The Kier molecular flexibility index (Phi) is 5.20. The van der Waals surface area contributed by atoms with Crippen LogP contribution in [-0.4, -0.2) is 29.1 Å². The lowest BCUT2D eigenvalue weighted by molar-refractivity contribution is 0.0784. The van der Waals surface area contributed by atoms with E-state index in [1.807, 2.05) is 6.26 Å². The fourth-order valence-electron chi connectivity index (χ4n) is 1.80. The minimum Gasteiger partial charge on any atom is -0.337 e. The van der Waals surface area contributed by atoms with Crippen molar-refractivity contribution in [1.82, 2.24) is 9.88 Å². The van der Waals surface area contributed by atoms with E-state index in [9.17, 15) is 4.79 Å². The normalized spacial score (nSPS) is 10.3. The molecule has 0 bridgehead atoms. The molecule has 0 spiro atoms. The van der Waals surface area contributed by atoms with Crippen LogP contribution in [0, 0.1) is 0 Å². The van der Waals surface area contributed by atoms with Gasteiger partial charge in [-0.05, 0) is 52.0 Å². The number of hydrogen-bond donors (Lipinski definition) is 0. The predicted octanol–water partition coefficient (Wildman–Crippen LogP) is 3.84. The molecule has 0 radical (unpaired) electrons. The van der Waals surface area contributed by atoms with E-state index >= 15 is 0 Å². The molecule has 104 valence electrons. The van der Waals surface area contributed by atoms with Gasteiger partial charge in [-0.3, -0.25) is 4.79 Å². The quantitative estimate of drug-likeness (QED) is 0.620. The van der Waals surface area contributed by atoms with Gasteiger partial charge < -0.3 is 4.90 Å². The van der Waals surface area contributed by atoms with E-state index in [0.29, 0.717) is 12.1 Å². The summed E-state index contributed by atoms with van der Waals surface area (Å²) in [5.74, 6) is -0.0288. The molecule has 0 unspecified atom stereocenters. The molecule has 1 aromatic carbocycles. The number of nitrogens with zero attached hydrogens (tertiary/aromatic N) is 2. The number of carbonyl (C=O) groups is 1. The first-order valence-electron chi connectivity index (χ1n) is 6.10. The molecule has 0 saturated carbocycles. The molecule has 0 aliphatic carbocycles. The average molecular weight is 351 g/mol. The van der Waals surface area contributed by atoms with Gasteiger partial charge >= 0.3 is 0 Å². The number of halogens is 1. The standard InChI is InChI=1S/C15H15BrN2OS/c1-18(10-11-3-6-13(20-2)7-4-11)15(19)12-5-8-14(16)17-9-12/h3-9H,10H2,1-2H3. The van der Waals surface area contributed by atoms with Crippen LogP contribution in [0.2, 0.25) is 0 Å². The van der Waals surface area contributed by atoms with E-state index in [2.05, 4.69) is 45.2 Å². The van der Waals surface area contributed by atoms with Crippen LogP contribution in [0.4, 0.5) is 0 Å². The molecule has 20 heavy (non-hydrogen) atoms. The SMILES string of the molecule is CSc1ccc(CN(C)C(=O)c2ccc(Br)nc2)cc1. The Bertz CT molecular complexity index is 584. The zero-order chi connectivity index (χ0) is 14.5. The van der Waals surface area contributed by atoms with Crippen molar-refractivity contribution < 1.29 is 4.79 Å². The van der Waals surface area contributed by atoms with Gasteiger partial charge in [0.1, 0.15) is 4.60 Å². The van der Waals surface area contributed by atoms with Gasteiger partial charge in [-0.25, -0.2) is 4.98 Å². The van der Waals surface area contributed by atoms with Gasteiger partial charge in [-0.1, -0.05) is 12.1 Å². The molecule has 3 nitrogen and oxygen atoms in total. The smallest absolute Gasteiger partial charge is 0.255 e. The van der Waals surface area contributed by atoms with Crippen molar-refractivity contribution in [2.24, 2.45) is 0 Å². The van der Waals surface area contributed by atoms with Gasteiger partial charge in [0, 0.05) is 24.7 Å². The van der Waals surface area contributed by atoms with E-state index < -0.39 is 0 Å². The highest BCUT2D eigenvalue weighted by Gasteiger charge is 2.12. The van der Waals surface area contributed by atoms with Crippen LogP contribution in [0.15, 0.2) is 52.1 Å². The first-order chi connectivity index (χ1) is 9.60. The molecule has 5 heteroatoms. The van der Waals surface area contributed by atoms with Crippen LogP contribution in [0.1, 0.15) is 15.9 Å². The van der Waals surface area contributed by atoms with Crippen molar-refractivity contribution in [1.29, 1.82) is 0 Å². The molecule has 1 heterocycles. The van der Waals surface area contributed by atoms with Crippen molar-refractivity contribution in [2.75, 3.05) is 13.3 Å². The van der Waals surface area contributed by atoms with Crippen molar-refractivity contribution >= 4 is 33.6 Å². The maximum Gasteiger partial charge on any atom is 0.255 e. The van der Waals surface area contributed by atoms with Crippen LogP contribution < -0.4 is 0 Å². The van der Waals surface area contributed by atoms with Gasteiger partial charge in [0.2, 0.25) is 0 Å². The van der Waals surface area contributed by atoms with Crippen molar-refractivity contribution in [3.8, 4) is 0 Å². The number of hydrogen-bond acceptors (Lipinski definition) is 3. The Hall–Kier alpha value is -1.33. The summed E-state index contributed by atoms with van der Waals surface area (Å²) in [7, 11) is 1.80. The third kappa shape index (κ3) is 3.84. The summed E-state index contributed by atoms with van der Waals surface area (Å²) in [6.45, 7) is 0.587. The van der Waals surface area contributed by atoms with Crippen LogP contribution in [0.25, 0.3) is 0 Å². The van der Waals surface area contributed by atoms with Crippen LogP contribution in [0.5, 0.6) is 0 Å². The van der Waals surface area contributed by atoms with E-state index in [-0.39, 0.29) is 5.91 Å². The lowest BCUT2D eigenvalue weighted by Crippen LogP contribution is -2.26. The summed E-state index contributed by atoms with van der Waals surface area (Å²) in [5, 5.41) is 0. The average Bonchev–Trinajstić information content (AvgIpc) is 2.48. The molecule has 0 atom stereocenters.